The minimum absolute atomic E-state index is 0.123. The summed E-state index contributed by atoms with van der Waals surface area (Å²) in [6.07, 6.45) is 1.57. The molecule has 0 bridgehead atoms. The van der Waals surface area contributed by atoms with Gasteiger partial charge in [-0.2, -0.15) is 0 Å². The quantitative estimate of drug-likeness (QED) is 0.741. The average molecular weight is 214 g/mol. The number of aromatic nitrogens is 1. The molecule has 0 aliphatic carbocycles. The normalized spacial score (nSPS) is 9.86. The molecule has 0 aliphatic heterocycles. The standard InChI is InChI=1S/C9H12ClN3O/c1-2-11-6-8(14)13-7-4-3-5-12-9(7)10/h3-5,11H,2,6H2,1H3,(H,13,14). The highest BCUT2D eigenvalue weighted by atomic mass is 35.5. The van der Waals surface area contributed by atoms with Crippen LogP contribution in [-0.2, 0) is 4.79 Å². The Labute approximate surface area is 87.7 Å². The van der Waals surface area contributed by atoms with E-state index in [4.69, 9.17) is 11.6 Å². The summed E-state index contributed by atoms with van der Waals surface area (Å²) < 4.78 is 0. The lowest BCUT2D eigenvalue weighted by Gasteiger charge is -2.05. The van der Waals surface area contributed by atoms with Gasteiger partial charge < -0.3 is 10.6 Å². The molecule has 2 N–H and O–H groups in total. The summed E-state index contributed by atoms with van der Waals surface area (Å²) >= 11 is 5.76. The van der Waals surface area contributed by atoms with Crippen molar-refractivity contribution in [1.82, 2.24) is 10.3 Å². The molecule has 76 valence electrons. The first-order chi connectivity index (χ1) is 6.74. The molecular weight excluding hydrogens is 202 g/mol. The predicted octanol–water partition coefficient (Wildman–Crippen LogP) is 1.28. The lowest BCUT2D eigenvalue weighted by Crippen LogP contribution is -2.27. The van der Waals surface area contributed by atoms with Gasteiger partial charge in [-0.1, -0.05) is 18.5 Å². The van der Waals surface area contributed by atoms with Crippen LogP contribution >= 0.6 is 11.6 Å². The van der Waals surface area contributed by atoms with E-state index in [1.54, 1.807) is 18.3 Å². The molecule has 0 aromatic carbocycles. The van der Waals surface area contributed by atoms with Gasteiger partial charge in [-0.05, 0) is 18.7 Å². The number of halogens is 1. The Balaban J connectivity index is 2.52. The Morgan fingerprint density at radius 2 is 2.43 bits per heavy atom. The highest BCUT2D eigenvalue weighted by Crippen LogP contribution is 2.16. The van der Waals surface area contributed by atoms with E-state index >= 15 is 0 Å². The zero-order valence-corrected chi connectivity index (χ0v) is 8.64. The number of likely N-dealkylation sites (N-methyl/N-ethyl adjacent to an activating group) is 1. The number of hydrogen-bond acceptors (Lipinski definition) is 3. The van der Waals surface area contributed by atoms with E-state index in [9.17, 15) is 4.79 Å². The van der Waals surface area contributed by atoms with Crippen molar-refractivity contribution < 1.29 is 4.79 Å². The maximum atomic E-state index is 11.3. The smallest absolute Gasteiger partial charge is 0.238 e. The second-order valence-corrected chi connectivity index (χ2v) is 3.03. The van der Waals surface area contributed by atoms with E-state index < -0.39 is 0 Å². The molecule has 0 saturated carbocycles. The first kappa shape index (κ1) is 10.9. The third kappa shape index (κ3) is 3.32. The number of nitrogens with zero attached hydrogens (tertiary/aromatic N) is 1. The lowest BCUT2D eigenvalue weighted by atomic mass is 10.4. The predicted molar refractivity (Wildman–Crippen MR) is 56.4 cm³/mol. The van der Waals surface area contributed by atoms with Crippen LogP contribution in [0.15, 0.2) is 18.3 Å². The monoisotopic (exact) mass is 213 g/mol. The van der Waals surface area contributed by atoms with Gasteiger partial charge in [0.15, 0.2) is 5.15 Å². The number of hydrogen-bond donors (Lipinski definition) is 2. The highest BCUT2D eigenvalue weighted by Gasteiger charge is 2.04. The maximum Gasteiger partial charge on any atom is 0.238 e. The fourth-order valence-corrected chi connectivity index (χ4v) is 1.08. The fourth-order valence-electron chi connectivity index (χ4n) is 0.912. The van der Waals surface area contributed by atoms with Crippen molar-refractivity contribution in [3.05, 3.63) is 23.5 Å². The Kier molecular flexibility index (Phi) is 4.35. The number of anilines is 1. The molecule has 1 aromatic heterocycles. The zero-order valence-electron chi connectivity index (χ0n) is 7.88. The molecule has 1 rings (SSSR count). The van der Waals surface area contributed by atoms with E-state index in [1.807, 2.05) is 6.92 Å². The number of pyridine rings is 1. The van der Waals surface area contributed by atoms with Gasteiger partial charge >= 0.3 is 0 Å². The van der Waals surface area contributed by atoms with Crippen LogP contribution in [0.4, 0.5) is 5.69 Å². The topological polar surface area (TPSA) is 54.0 Å². The minimum atomic E-state index is -0.123. The summed E-state index contributed by atoms with van der Waals surface area (Å²) in [5, 5.41) is 5.86. The molecule has 14 heavy (non-hydrogen) atoms. The Morgan fingerprint density at radius 1 is 1.64 bits per heavy atom. The Morgan fingerprint density at radius 3 is 3.07 bits per heavy atom. The van der Waals surface area contributed by atoms with Gasteiger partial charge in [0, 0.05) is 6.20 Å². The van der Waals surface area contributed by atoms with E-state index in [-0.39, 0.29) is 12.5 Å². The van der Waals surface area contributed by atoms with E-state index in [2.05, 4.69) is 15.6 Å². The van der Waals surface area contributed by atoms with Crippen LogP contribution < -0.4 is 10.6 Å². The summed E-state index contributed by atoms with van der Waals surface area (Å²) in [7, 11) is 0. The molecule has 1 aromatic rings. The van der Waals surface area contributed by atoms with Crippen LogP contribution in [0.5, 0.6) is 0 Å². The summed E-state index contributed by atoms with van der Waals surface area (Å²) in [6.45, 7) is 2.97. The van der Waals surface area contributed by atoms with Gasteiger partial charge in [0.1, 0.15) is 0 Å². The van der Waals surface area contributed by atoms with Crippen molar-refractivity contribution in [2.24, 2.45) is 0 Å². The molecule has 0 radical (unpaired) electrons. The molecule has 0 saturated heterocycles. The first-order valence-corrected chi connectivity index (χ1v) is 4.73. The van der Waals surface area contributed by atoms with Gasteiger partial charge in [-0.25, -0.2) is 4.98 Å². The van der Waals surface area contributed by atoms with Crippen molar-refractivity contribution in [3.8, 4) is 0 Å². The lowest BCUT2D eigenvalue weighted by molar-refractivity contribution is -0.115. The average Bonchev–Trinajstić information content (AvgIpc) is 2.18. The number of carbonyl (C=O) groups excluding carboxylic acids is 1. The molecule has 4 nitrogen and oxygen atoms in total. The Hall–Kier alpha value is -1.13. The molecule has 1 heterocycles. The second kappa shape index (κ2) is 5.57. The molecular formula is C9H12ClN3O. The van der Waals surface area contributed by atoms with Gasteiger partial charge in [0.05, 0.1) is 12.2 Å². The fraction of sp³-hybridized carbons (Fsp3) is 0.333. The van der Waals surface area contributed by atoms with Crippen molar-refractivity contribution in [1.29, 1.82) is 0 Å². The van der Waals surface area contributed by atoms with Crippen molar-refractivity contribution >= 4 is 23.2 Å². The molecule has 1 amide bonds. The van der Waals surface area contributed by atoms with Crippen LogP contribution in [0.3, 0.4) is 0 Å². The molecule has 0 unspecified atom stereocenters. The summed E-state index contributed by atoms with van der Waals surface area (Å²) in [5.41, 5.74) is 0.539. The van der Waals surface area contributed by atoms with Gasteiger partial charge in [-0.3, -0.25) is 4.79 Å². The largest absolute Gasteiger partial charge is 0.322 e. The molecule has 0 atom stereocenters. The number of carbonyl (C=O) groups is 1. The Bertz CT molecular complexity index is 317. The van der Waals surface area contributed by atoms with Gasteiger partial charge in [-0.15, -0.1) is 0 Å². The van der Waals surface area contributed by atoms with E-state index in [0.717, 1.165) is 6.54 Å². The van der Waals surface area contributed by atoms with Gasteiger partial charge in [0.25, 0.3) is 0 Å². The minimum Gasteiger partial charge on any atom is -0.322 e. The summed E-state index contributed by atoms with van der Waals surface area (Å²) in [5.74, 6) is -0.123. The van der Waals surface area contributed by atoms with Crippen molar-refractivity contribution in [2.45, 2.75) is 6.92 Å². The number of nitrogens with one attached hydrogen (secondary N) is 2. The first-order valence-electron chi connectivity index (χ1n) is 4.35. The summed E-state index contributed by atoms with van der Waals surface area (Å²) in [6, 6.07) is 3.42. The maximum absolute atomic E-state index is 11.3. The third-order valence-electron chi connectivity index (χ3n) is 1.57. The van der Waals surface area contributed by atoms with Crippen LogP contribution in [0.2, 0.25) is 5.15 Å². The summed E-state index contributed by atoms with van der Waals surface area (Å²) in [4.78, 5) is 15.1. The third-order valence-corrected chi connectivity index (χ3v) is 1.87. The van der Waals surface area contributed by atoms with Crippen LogP contribution in [-0.4, -0.2) is 24.0 Å². The highest BCUT2D eigenvalue weighted by molar-refractivity contribution is 6.32. The SMILES string of the molecule is CCNCC(=O)Nc1cccnc1Cl. The van der Waals surface area contributed by atoms with E-state index in [1.165, 1.54) is 0 Å². The molecule has 0 spiro atoms. The van der Waals surface area contributed by atoms with Crippen LogP contribution in [0.25, 0.3) is 0 Å². The zero-order chi connectivity index (χ0) is 10.4. The molecule has 0 aliphatic rings. The van der Waals surface area contributed by atoms with Gasteiger partial charge in [0.2, 0.25) is 5.91 Å². The number of rotatable bonds is 4. The second-order valence-electron chi connectivity index (χ2n) is 2.67. The molecule has 0 fully saturated rings. The number of amides is 1. The molecule has 5 heteroatoms. The van der Waals surface area contributed by atoms with Crippen molar-refractivity contribution in [3.63, 3.8) is 0 Å². The van der Waals surface area contributed by atoms with Crippen molar-refractivity contribution in [2.75, 3.05) is 18.4 Å². The van der Waals surface area contributed by atoms with E-state index in [0.29, 0.717) is 10.8 Å². The van der Waals surface area contributed by atoms with Crippen LogP contribution in [0, 0.1) is 0 Å². The van der Waals surface area contributed by atoms with Crippen LogP contribution in [0.1, 0.15) is 6.92 Å².